The molecular weight excluding hydrogens is 263 g/mol. The Morgan fingerprint density at radius 3 is 2.95 bits per heavy atom. The second kappa shape index (κ2) is 4.79. The molecule has 1 N–H and O–H groups in total. The molecule has 104 valence electrons. The molecule has 1 aliphatic rings. The van der Waals surface area contributed by atoms with Crippen LogP contribution in [0.25, 0.3) is 10.9 Å². The molecule has 1 saturated carbocycles. The standard InChI is InChI=1S/C14H13FN2O3/c15-11-7-12(17(19)20)9-2-1-5-16-14(9)10(11)6-13(18)8-3-4-8/h1-2,5,7-8,13,18H,3-4,6H2. The summed E-state index contributed by atoms with van der Waals surface area (Å²) in [5.41, 5.74) is 0.222. The fraction of sp³-hybridized carbons (Fsp3) is 0.357. The number of non-ortho nitro benzene ring substituents is 1. The molecule has 1 heterocycles. The molecule has 5 nitrogen and oxygen atoms in total. The third kappa shape index (κ3) is 2.22. The molecule has 0 amide bonds. The number of benzene rings is 1. The number of nitro benzene ring substituents is 1. The molecule has 20 heavy (non-hydrogen) atoms. The summed E-state index contributed by atoms with van der Waals surface area (Å²) in [5.74, 6) is -0.467. The number of nitrogens with zero attached hydrogens (tertiary/aromatic N) is 2. The molecule has 2 aromatic rings. The molecule has 1 aromatic carbocycles. The van der Waals surface area contributed by atoms with Crippen molar-refractivity contribution in [2.45, 2.75) is 25.4 Å². The highest BCUT2D eigenvalue weighted by Gasteiger charge is 2.31. The van der Waals surface area contributed by atoms with E-state index in [1.165, 1.54) is 6.20 Å². The Labute approximate surface area is 114 Å². The second-order valence-corrected chi connectivity index (χ2v) is 5.12. The van der Waals surface area contributed by atoms with Gasteiger partial charge in [-0.25, -0.2) is 4.39 Å². The number of halogens is 1. The molecule has 1 unspecified atom stereocenters. The van der Waals surface area contributed by atoms with Gasteiger partial charge in [-0.05, 0) is 30.9 Å². The van der Waals surface area contributed by atoms with Crippen LogP contribution in [0.5, 0.6) is 0 Å². The van der Waals surface area contributed by atoms with Gasteiger partial charge in [0.1, 0.15) is 5.82 Å². The van der Waals surface area contributed by atoms with E-state index in [2.05, 4.69) is 4.98 Å². The van der Waals surface area contributed by atoms with Crippen molar-refractivity contribution in [3.05, 3.63) is 45.9 Å². The van der Waals surface area contributed by atoms with Crippen LogP contribution >= 0.6 is 0 Å². The van der Waals surface area contributed by atoms with Gasteiger partial charge in [-0.3, -0.25) is 15.1 Å². The van der Waals surface area contributed by atoms with Crippen LogP contribution in [0.3, 0.4) is 0 Å². The molecule has 1 atom stereocenters. The largest absolute Gasteiger partial charge is 0.392 e. The van der Waals surface area contributed by atoms with Crippen molar-refractivity contribution < 1.29 is 14.4 Å². The fourth-order valence-electron chi connectivity index (χ4n) is 2.45. The number of aliphatic hydroxyl groups excluding tert-OH is 1. The molecule has 1 aliphatic carbocycles. The van der Waals surface area contributed by atoms with E-state index in [1.807, 2.05) is 0 Å². The van der Waals surface area contributed by atoms with E-state index in [0.29, 0.717) is 5.39 Å². The number of rotatable bonds is 4. The number of hydrogen-bond acceptors (Lipinski definition) is 4. The number of pyridine rings is 1. The van der Waals surface area contributed by atoms with Crippen molar-refractivity contribution in [2.75, 3.05) is 0 Å². The van der Waals surface area contributed by atoms with Crippen LogP contribution in [0.2, 0.25) is 0 Å². The monoisotopic (exact) mass is 276 g/mol. The van der Waals surface area contributed by atoms with Crippen LogP contribution < -0.4 is 0 Å². The summed E-state index contributed by atoms with van der Waals surface area (Å²) in [7, 11) is 0. The lowest BCUT2D eigenvalue weighted by Gasteiger charge is -2.12. The van der Waals surface area contributed by atoms with Gasteiger partial charge in [-0.1, -0.05) is 0 Å². The van der Waals surface area contributed by atoms with Crippen LogP contribution in [-0.2, 0) is 6.42 Å². The Hall–Kier alpha value is -2.08. The summed E-state index contributed by atoms with van der Waals surface area (Å²) in [6.07, 6.45) is 2.89. The van der Waals surface area contributed by atoms with E-state index >= 15 is 0 Å². The molecule has 0 saturated heterocycles. The van der Waals surface area contributed by atoms with Gasteiger partial charge < -0.3 is 5.11 Å². The first-order valence-electron chi connectivity index (χ1n) is 6.46. The van der Waals surface area contributed by atoms with Gasteiger partial charge in [0.25, 0.3) is 5.69 Å². The van der Waals surface area contributed by atoms with E-state index in [-0.39, 0.29) is 29.1 Å². The maximum Gasteiger partial charge on any atom is 0.281 e. The SMILES string of the molecule is O=[N+]([O-])c1cc(F)c(CC(O)C2CC2)c2ncccc12. The quantitative estimate of drug-likeness (QED) is 0.688. The third-order valence-corrected chi connectivity index (χ3v) is 3.70. The fourth-order valence-corrected chi connectivity index (χ4v) is 2.45. The number of hydrogen-bond donors (Lipinski definition) is 1. The smallest absolute Gasteiger partial charge is 0.281 e. The molecule has 1 aromatic heterocycles. The summed E-state index contributed by atoms with van der Waals surface area (Å²) in [6, 6.07) is 4.04. The lowest BCUT2D eigenvalue weighted by atomic mass is 10.00. The van der Waals surface area contributed by atoms with Gasteiger partial charge in [0.05, 0.1) is 28.0 Å². The summed E-state index contributed by atoms with van der Waals surface area (Å²) in [6.45, 7) is 0. The van der Waals surface area contributed by atoms with E-state index in [9.17, 15) is 19.6 Å². The minimum absolute atomic E-state index is 0.141. The van der Waals surface area contributed by atoms with E-state index in [0.717, 1.165) is 18.9 Å². The van der Waals surface area contributed by atoms with Crippen molar-refractivity contribution in [3.63, 3.8) is 0 Å². The summed E-state index contributed by atoms with van der Waals surface area (Å²) < 4.78 is 14.1. The highest BCUT2D eigenvalue weighted by Crippen LogP contribution is 2.36. The molecular formula is C14H13FN2O3. The normalized spacial score (nSPS) is 16.3. The third-order valence-electron chi connectivity index (χ3n) is 3.70. The Balaban J connectivity index is 2.13. The van der Waals surface area contributed by atoms with Crippen LogP contribution in [0.4, 0.5) is 10.1 Å². The van der Waals surface area contributed by atoms with Crippen LogP contribution in [0.1, 0.15) is 18.4 Å². The first kappa shape index (κ1) is 12.9. The highest BCUT2D eigenvalue weighted by atomic mass is 19.1. The lowest BCUT2D eigenvalue weighted by molar-refractivity contribution is -0.383. The molecule has 6 heteroatoms. The number of aromatic nitrogens is 1. The van der Waals surface area contributed by atoms with Gasteiger partial charge >= 0.3 is 0 Å². The van der Waals surface area contributed by atoms with Crippen molar-refractivity contribution in [2.24, 2.45) is 5.92 Å². The van der Waals surface area contributed by atoms with Crippen molar-refractivity contribution in [1.29, 1.82) is 0 Å². The Morgan fingerprint density at radius 2 is 2.30 bits per heavy atom. The zero-order valence-corrected chi connectivity index (χ0v) is 10.6. The highest BCUT2D eigenvalue weighted by molar-refractivity contribution is 5.90. The topological polar surface area (TPSA) is 76.3 Å². The summed E-state index contributed by atoms with van der Waals surface area (Å²) in [5, 5.41) is 21.3. The molecule has 0 bridgehead atoms. The molecule has 0 aliphatic heterocycles. The predicted octanol–water partition coefficient (Wildman–Crippen LogP) is 2.60. The minimum Gasteiger partial charge on any atom is -0.392 e. The van der Waals surface area contributed by atoms with Crippen molar-refractivity contribution >= 4 is 16.6 Å². The first-order valence-corrected chi connectivity index (χ1v) is 6.46. The van der Waals surface area contributed by atoms with Crippen LogP contribution in [0.15, 0.2) is 24.4 Å². The molecule has 3 rings (SSSR count). The predicted molar refractivity (Wildman–Crippen MR) is 70.8 cm³/mol. The Kier molecular flexibility index (Phi) is 3.10. The Morgan fingerprint density at radius 1 is 1.55 bits per heavy atom. The van der Waals surface area contributed by atoms with E-state index < -0.39 is 16.8 Å². The van der Waals surface area contributed by atoms with Gasteiger partial charge in [0.15, 0.2) is 0 Å². The molecule has 1 fully saturated rings. The van der Waals surface area contributed by atoms with Gasteiger partial charge in [-0.15, -0.1) is 0 Å². The maximum absolute atomic E-state index is 14.1. The van der Waals surface area contributed by atoms with Gasteiger partial charge in [-0.2, -0.15) is 0 Å². The molecule has 0 radical (unpaired) electrons. The van der Waals surface area contributed by atoms with E-state index in [4.69, 9.17) is 0 Å². The zero-order chi connectivity index (χ0) is 14.3. The number of aliphatic hydroxyl groups is 1. The van der Waals surface area contributed by atoms with Gasteiger partial charge in [0, 0.05) is 18.2 Å². The average molecular weight is 276 g/mol. The summed E-state index contributed by atoms with van der Waals surface area (Å²) >= 11 is 0. The molecule has 0 spiro atoms. The maximum atomic E-state index is 14.1. The number of fused-ring (bicyclic) bond motifs is 1. The number of nitro groups is 1. The summed E-state index contributed by atoms with van der Waals surface area (Å²) in [4.78, 5) is 14.4. The van der Waals surface area contributed by atoms with E-state index in [1.54, 1.807) is 12.1 Å². The van der Waals surface area contributed by atoms with Gasteiger partial charge in [0.2, 0.25) is 0 Å². The van der Waals surface area contributed by atoms with Crippen LogP contribution in [0, 0.1) is 21.8 Å². The van der Waals surface area contributed by atoms with Crippen molar-refractivity contribution in [3.8, 4) is 0 Å². The van der Waals surface area contributed by atoms with Crippen LogP contribution in [-0.4, -0.2) is 21.1 Å². The second-order valence-electron chi connectivity index (χ2n) is 5.12. The van der Waals surface area contributed by atoms with Crippen molar-refractivity contribution in [1.82, 2.24) is 4.98 Å². The first-order chi connectivity index (χ1) is 9.58. The zero-order valence-electron chi connectivity index (χ0n) is 10.6. The average Bonchev–Trinajstić information content (AvgIpc) is 3.25. The lowest BCUT2D eigenvalue weighted by Crippen LogP contribution is -2.14. The minimum atomic E-state index is -0.678. The Bertz CT molecular complexity index is 685.